The van der Waals surface area contributed by atoms with E-state index in [1.807, 2.05) is 13.1 Å². The van der Waals surface area contributed by atoms with Gasteiger partial charge in [0.2, 0.25) is 11.8 Å². The fourth-order valence-corrected chi connectivity index (χ4v) is 1.56. The maximum absolute atomic E-state index is 5.50. The van der Waals surface area contributed by atoms with Gasteiger partial charge >= 0.3 is 0 Å². The first-order valence-electron chi connectivity index (χ1n) is 5.48. The van der Waals surface area contributed by atoms with Gasteiger partial charge in [-0.1, -0.05) is 0 Å². The number of methoxy groups -OCH3 is 2. The first kappa shape index (κ1) is 12.4. The van der Waals surface area contributed by atoms with E-state index in [1.54, 1.807) is 26.4 Å². The third-order valence-electron chi connectivity index (χ3n) is 2.43. The van der Waals surface area contributed by atoms with Crippen molar-refractivity contribution in [2.75, 3.05) is 21.3 Å². The number of rotatable bonds is 5. The lowest BCUT2D eigenvalue weighted by molar-refractivity contribution is 0.355. The molecule has 0 aliphatic rings. The maximum atomic E-state index is 5.50. The van der Waals surface area contributed by atoms with E-state index in [9.17, 15) is 0 Å². The Bertz CT molecular complexity index is 525. The van der Waals surface area contributed by atoms with Gasteiger partial charge in [0.1, 0.15) is 0 Å². The maximum Gasteiger partial charge on any atom is 0.247 e. The number of hydrogen-bond donors (Lipinski definition) is 1. The molecule has 0 aliphatic heterocycles. The van der Waals surface area contributed by atoms with Crippen molar-refractivity contribution in [1.82, 2.24) is 15.5 Å². The standard InChI is InChI=1S/C12H15N3O3/c1-13-7-11-14-15-12(18-11)8-4-5-9(16-2)10(6-8)17-3/h4-6,13H,7H2,1-3H3. The van der Waals surface area contributed by atoms with Crippen LogP contribution < -0.4 is 14.8 Å². The molecule has 6 nitrogen and oxygen atoms in total. The highest BCUT2D eigenvalue weighted by Gasteiger charge is 2.11. The van der Waals surface area contributed by atoms with E-state index in [2.05, 4.69) is 15.5 Å². The summed E-state index contributed by atoms with van der Waals surface area (Å²) in [6, 6.07) is 5.45. The molecule has 1 N–H and O–H groups in total. The summed E-state index contributed by atoms with van der Waals surface area (Å²) < 4.78 is 15.9. The molecule has 1 aromatic heterocycles. The molecule has 0 atom stereocenters. The molecule has 0 saturated heterocycles. The Morgan fingerprint density at radius 1 is 1.17 bits per heavy atom. The normalized spacial score (nSPS) is 10.4. The molecule has 0 unspecified atom stereocenters. The number of ether oxygens (including phenoxy) is 2. The van der Waals surface area contributed by atoms with Crippen molar-refractivity contribution < 1.29 is 13.9 Å². The van der Waals surface area contributed by atoms with Crippen molar-refractivity contribution in [3.63, 3.8) is 0 Å². The highest BCUT2D eigenvalue weighted by atomic mass is 16.5. The van der Waals surface area contributed by atoms with Crippen LogP contribution in [0.1, 0.15) is 5.89 Å². The Morgan fingerprint density at radius 3 is 2.61 bits per heavy atom. The van der Waals surface area contributed by atoms with Crippen molar-refractivity contribution in [3.05, 3.63) is 24.1 Å². The van der Waals surface area contributed by atoms with Crippen LogP contribution in [0.2, 0.25) is 0 Å². The summed E-state index contributed by atoms with van der Waals surface area (Å²) in [5, 5.41) is 10.9. The number of hydrogen-bond acceptors (Lipinski definition) is 6. The minimum absolute atomic E-state index is 0.459. The second-order valence-electron chi connectivity index (χ2n) is 3.60. The number of nitrogens with one attached hydrogen (secondary N) is 1. The van der Waals surface area contributed by atoms with Gasteiger partial charge in [0.15, 0.2) is 11.5 Å². The molecule has 1 aromatic carbocycles. The SMILES string of the molecule is CNCc1nnc(-c2ccc(OC)c(OC)c2)o1. The zero-order valence-electron chi connectivity index (χ0n) is 10.6. The van der Waals surface area contributed by atoms with Gasteiger partial charge in [0.25, 0.3) is 0 Å². The quantitative estimate of drug-likeness (QED) is 0.865. The summed E-state index contributed by atoms with van der Waals surface area (Å²) in [5.41, 5.74) is 0.794. The van der Waals surface area contributed by atoms with Crippen LogP contribution >= 0.6 is 0 Å². The van der Waals surface area contributed by atoms with Crippen molar-refractivity contribution in [2.24, 2.45) is 0 Å². The van der Waals surface area contributed by atoms with Crippen LogP contribution in [0.25, 0.3) is 11.5 Å². The molecule has 18 heavy (non-hydrogen) atoms. The molecule has 0 spiro atoms. The number of nitrogens with zero attached hydrogens (tertiary/aromatic N) is 2. The van der Waals surface area contributed by atoms with Crippen LogP contribution in [-0.4, -0.2) is 31.5 Å². The molecule has 0 bridgehead atoms. The Labute approximate surface area is 105 Å². The van der Waals surface area contributed by atoms with E-state index in [1.165, 1.54) is 0 Å². The second kappa shape index (κ2) is 5.50. The summed E-state index contributed by atoms with van der Waals surface area (Å²) in [4.78, 5) is 0. The Balaban J connectivity index is 2.31. The lowest BCUT2D eigenvalue weighted by Gasteiger charge is -2.07. The van der Waals surface area contributed by atoms with Gasteiger partial charge in [0, 0.05) is 5.56 Å². The van der Waals surface area contributed by atoms with Crippen LogP contribution in [0.3, 0.4) is 0 Å². The smallest absolute Gasteiger partial charge is 0.247 e. The van der Waals surface area contributed by atoms with Gasteiger partial charge in [-0.25, -0.2) is 0 Å². The second-order valence-corrected chi connectivity index (χ2v) is 3.60. The van der Waals surface area contributed by atoms with E-state index in [0.717, 1.165) is 5.56 Å². The average molecular weight is 249 g/mol. The van der Waals surface area contributed by atoms with E-state index >= 15 is 0 Å². The third-order valence-corrected chi connectivity index (χ3v) is 2.43. The highest BCUT2D eigenvalue weighted by Crippen LogP contribution is 2.31. The topological polar surface area (TPSA) is 69.4 Å². The monoisotopic (exact) mass is 249 g/mol. The molecule has 0 radical (unpaired) electrons. The van der Waals surface area contributed by atoms with Gasteiger partial charge in [-0.15, -0.1) is 10.2 Å². The molecule has 96 valence electrons. The first-order valence-corrected chi connectivity index (χ1v) is 5.48. The molecule has 0 fully saturated rings. The van der Waals surface area contributed by atoms with Gasteiger partial charge in [-0.05, 0) is 25.2 Å². The number of aromatic nitrogens is 2. The van der Waals surface area contributed by atoms with Crippen LogP contribution in [-0.2, 0) is 6.54 Å². The van der Waals surface area contributed by atoms with Crippen LogP contribution in [0, 0.1) is 0 Å². The molecule has 0 amide bonds. The van der Waals surface area contributed by atoms with Gasteiger partial charge < -0.3 is 19.2 Å². The van der Waals surface area contributed by atoms with Crippen molar-refractivity contribution in [2.45, 2.75) is 6.54 Å². The Kier molecular flexibility index (Phi) is 3.78. The fraction of sp³-hybridized carbons (Fsp3) is 0.333. The minimum Gasteiger partial charge on any atom is -0.493 e. The van der Waals surface area contributed by atoms with Crippen molar-refractivity contribution in [1.29, 1.82) is 0 Å². The first-order chi connectivity index (χ1) is 8.78. The molecular weight excluding hydrogens is 234 g/mol. The Morgan fingerprint density at radius 2 is 1.94 bits per heavy atom. The van der Waals surface area contributed by atoms with Gasteiger partial charge in [0.05, 0.1) is 20.8 Å². The molecule has 0 aliphatic carbocycles. The zero-order chi connectivity index (χ0) is 13.0. The molecule has 1 heterocycles. The van der Waals surface area contributed by atoms with E-state index < -0.39 is 0 Å². The lowest BCUT2D eigenvalue weighted by atomic mass is 10.2. The predicted octanol–water partition coefficient (Wildman–Crippen LogP) is 1.47. The van der Waals surface area contributed by atoms with Gasteiger partial charge in [-0.3, -0.25) is 0 Å². The average Bonchev–Trinajstić information content (AvgIpc) is 2.87. The summed E-state index contributed by atoms with van der Waals surface area (Å²) in [6.45, 7) is 0.542. The summed E-state index contributed by atoms with van der Waals surface area (Å²) >= 11 is 0. The molecule has 2 rings (SSSR count). The summed E-state index contributed by atoms with van der Waals surface area (Å²) in [6.07, 6.45) is 0. The zero-order valence-corrected chi connectivity index (χ0v) is 10.6. The third kappa shape index (κ3) is 2.43. The van der Waals surface area contributed by atoms with E-state index in [0.29, 0.717) is 29.8 Å². The highest BCUT2D eigenvalue weighted by molar-refractivity contribution is 5.59. The predicted molar refractivity (Wildman–Crippen MR) is 65.6 cm³/mol. The largest absolute Gasteiger partial charge is 0.493 e. The molecule has 2 aromatic rings. The van der Waals surface area contributed by atoms with Crippen LogP contribution in [0.5, 0.6) is 11.5 Å². The van der Waals surface area contributed by atoms with E-state index in [-0.39, 0.29) is 0 Å². The van der Waals surface area contributed by atoms with Crippen molar-refractivity contribution in [3.8, 4) is 23.0 Å². The fourth-order valence-electron chi connectivity index (χ4n) is 1.56. The van der Waals surface area contributed by atoms with E-state index in [4.69, 9.17) is 13.9 Å². The minimum atomic E-state index is 0.459. The Hall–Kier alpha value is -2.08. The van der Waals surface area contributed by atoms with Gasteiger partial charge in [-0.2, -0.15) is 0 Å². The summed E-state index contributed by atoms with van der Waals surface area (Å²) in [5.74, 6) is 2.29. The number of benzene rings is 1. The van der Waals surface area contributed by atoms with Crippen molar-refractivity contribution >= 4 is 0 Å². The summed E-state index contributed by atoms with van der Waals surface area (Å²) in [7, 11) is 5.00. The lowest BCUT2D eigenvalue weighted by Crippen LogP contribution is -2.04. The molecular formula is C12H15N3O3. The van der Waals surface area contributed by atoms with Crippen LogP contribution in [0.4, 0.5) is 0 Å². The molecule has 0 saturated carbocycles. The molecule has 6 heteroatoms. The van der Waals surface area contributed by atoms with Crippen LogP contribution in [0.15, 0.2) is 22.6 Å².